The Balaban J connectivity index is 2.04. The molecule has 4 nitrogen and oxygen atoms in total. The van der Waals surface area contributed by atoms with Crippen molar-refractivity contribution in [3.63, 3.8) is 0 Å². The lowest BCUT2D eigenvalue weighted by Gasteiger charge is -2.12. The Bertz CT molecular complexity index is 1080. The number of pyridine rings is 1. The van der Waals surface area contributed by atoms with Crippen molar-refractivity contribution >= 4 is 23.2 Å². The van der Waals surface area contributed by atoms with Crippen molar-refractivity contribution in [3.8, 4) is 33.9 Å². The summed E-state index contributed by atoms with van der Waals surface area (Å²) in [6.07, 6.45) is 3.52. The molecule has 0 aliphatic rings. The van der Waals surface area contributed by atoms with Crippen molar-refractivity contribution < 1.29 is 4.74 Å². The number of nitrogens with zero attached hydrogens (tertiary/aromatic N) is 3. The number of aromatic nitrogens is 3. The average Bonchev–Trinajstić information content (AvgIpc) is 3.08. The molecule has 0 amide bonds. The van der Waals surface area contributed by atoms with Crippen molar-refractivity contribution in [2.45, 2.75) is 6.73 Å². The zero-order valence-corrected chi connectivity index (χ0v) is 16.7. The van der Waals surface area contributed by atoms with Crippen LogP contribution in [0.2, 0.25) is 10.0 Å². The van der Waals surface area contributed by atoms with Crippen molar-refractivity contribution in [1.29, 1.82) is 0 Å². The van der Waals surface area contributed by atoms with Crippen molar-refractivity contribution in [3.05, 3.63) is 83.1 Å². The Kier molecular flexibility index (Phi) is 5.44. The van der Waals surface area contributed by atoms with Gasteiger partial charge in [0.15, 0.2) is 0 Å². The minimum atomic E-state index is 0.350. The lowest BCUT2D eigenvalue weighted by atomic mass is 10.1. The molecule has 0 atom stereocenters. The summed E-state index contributed by atoms with van der Waals surface area (Å²) in [5.74, 6) is 0.806. The number of benzene rings is 2. The summed E-state index contributed by atoms with van der Waals surface area (Å²) in [6.45, 7) is 0.350. The number of imidazole rings is 1. The van der Waals surface area contributed by atoms with Crippen LogP contribution in [0.5, 0.6) is 0 Å². The molecule has 0 N–H and O–H groups in total. The summed E-state index contributed by atoms with van der Waals surface area (Å²) in [6, 6.07) is 19.4. The molecule has 0 saturated heterocycles. The van der Waals surface area contributed by atoms with Gasteiger partial charge in [0.05, 0.1) is 11.4 Å². The van der Waals surface area contributed by atoms with Crippen LogP contribution in [0.25, 0.3) is 33.9 Å². The molecule has 4 aromatic rings. The van der Waals surface area contributed by atoms with Gasteiger partial charge in [0.2, 0.25) is 0 Å². The van der Waals surface area contributed by atoms with E-state index in [1.54, 1.807) is 25.6 Å². The summed E-state index contributed by atoms with van der Waals surface area (Å²) in [7, 11) is 1.67. The van der Waals surface area contributed by atoms with Crippen LogP contribution in [-0.2, 0) is 11.5 Å². The Morgan fingerprint density at radius 3 is 2.18 bits per heavy atom. The van der Waals surface area contributed by atoms with Crippen LogP contribution in [0.3, 0.4) is 0 Å². The fourth-order valence-electron chi connectivity index (χ4n) is 3.21. The van der Waals surface area contributed by atoms with E-state index < -0.39 is 0 Å². The van der Waals surface area contributed by atoms with Crippen LogP contribution in [0, 0.1) is 0 Å². The smallest absolute Gasteiger partial charge is 0.143 e. The monoisotopic (exact) mass is 409 g/mol. The van der Waals surface area contributed by atoms with E-state index >= 15 is 0 Å². The molecule has 0 fully saturated rings. The molecule has 4 rings (SSSR count). The second-order valence-electron chi connectivity index (χ2n) is 6.24. The molecule has 28 heavy (non-hydrogen) atoms. The van der Waals surface area contributed by atoms with Gasteiger partial charge in [-0.1, -0.05) is 53.5 Å². The first kappa shape index (κ1) is 18.7. The zero-order valence-electron chi connectivity index (χ0n) is 15.1. The highest BCUT2D eigenvalue weighted by molar-refractivity contribution is 6.35. The molecular weight excluding hydrogens is 393 g/mol. The van der Waals surface area contributed by atoms with Gasteiger partial charge >= 0.3 is 0 Å². The summed E-state index contributed by atoms with van der Waals surface area (Å²) in [5.41, 5.74) is 4.52. The standard InChI is InChI=1S/C22H17Cl2N3O/c1-28-14-27-21(15-7-9-25-10-8-15)20(17-11-18(23)13-19(24)12-17)26-22(27)16-5-3-2-4-6-16/h2-13H,14H2,1H3. The van der Waals surface area contributed by atoms with Crippen LogP contribution in [0.1, 0.15) is 0 Å². The van der Waals surface area contributed by atoms with E-state index in [1.807, 2.05) is 54.6 Å². The predicted molar refractivity (Wildman–Crippen MR) is 113 cm³/mol. The lowest BCUT2D eigenvalue weighted by molar-refractivity contribution is 0.133. The fourth-order valence-corrected chi connectivity index (χ4v) is 3.74. The summed E-state index contributed by atoms with van der Waals surface area (Å²) >= 11 is 12.5. The van der Waals surface area contributed by atoms with E-state index in [0.29, 0.717) is 16.8 Å². The van der Waals surface area contributed by atoms with Crippen LogP contribution in [0.15, 0.2) is 73.1 Å². The van der Waals surface area contributed by atoms with Gasteiger partial charge in [-0.2, -0.15) is 0 Å². The SMILES string of the molecule is COCn1c(-c2ccccc2)nc(-c2cc(Cl)cc(Cl)c2)c1-c1ccncc1. The highest BCUT2D eigenvalue weighted by Gasteiger charge is 2.21. The second kappa shape index (κ2) is 8.15. The number of halogens is 2. The molecule has 2 heterocycles. The van der Waals surface area contributed by atoms with Gasteiger partial charge in [-0.15, -0.1) is 0 Å². The Morgan fingerprint density at radius 1 is 0.857 bits per heavy atom. The van der Waals surface area contributed by atoms with Crippen LogP contribution >= 0.6 is 23.2 Å². The van der Waals surface area contributed by atoms with Crippen LogP contribution in [0.4, 0.5) is 0 Å². The molecule has 0 radical (unpaired) electrons. The Morgan fingerprint density at radius 2 is 1.54 bits per heavy atom. The Labute approximate surface area is 173 Å². The predicted octanol–water partition coefficient (Wildman–Crippen LogP) is 6.19. The maximum atomic E-state index is 6.27. The summed E-state index contributed by atoms with van der Waals surface area (Å²) in [4.78, 5) is 9.11. The lowest BCUT2D eigenvalue weighted by Crippen LogP contribution is -2.04. The highest BCUT2D eigenvalue weighted by atomic mass is 35.5. The van der Waals surface area contributed by atoms with Gasteiger partial charge in [-0.05, 0) is 30.3 Å². The number of hydrogen-bond acceptors (Lipinski definition) is 3. The maximum absolute atomic E-state index is 6.27. The minimum Gasteiger partial charge on any atom is -0.364 e. The first-order valence-electron chi connectivity index (χ1n) is 8.69. The third-order valence-corrected chi connectivity index (χ3v) is 4.78. The number of methoxy groups -OCH3 is 1. The molecule has 2 aromatic carbocycles. The molecule has 0 bridgehead atoms. The normalized spacial score (nSPS) is 11.0. The minimum absolute atomic E-state index is 0.350. The average molecular weight is 410 g/mol. The van der Waals surface area contributed by atoms with E-state index in [9.17, 15) is 0 Å². The molecule has 0 aliphatic carbocycles. The first-order valence-corrected chi connectivity index (χ1v) is 9.44. The molecule has 6 heteroatoms. The van der Waals surface area contributed by atoms with Crippen molar-refractivity contribution in [2.75, 3.05) is 7.11 Å². The van der Waals surface area contributed by atoms with E-state index in [-0.39, 0.29) is 0 Å². The van der Waals surface area contributed by atoms with Crippen LogP contribution in [-0.4, -0.2) is 21.6 Å². The Hall–Kier alpha value is -2.66. The number of rotatable bonds is 5. The zero-order chi connectivity index (χ0) is 19.5. The third-order valence-electron chi connectivity index (χ3n) is 4.35. The summed E-state index contributed by atoms with van der Waals surface area (Å²) in [5, 5.41) is 1.12. The van der Waals surface area contributed by atoms with Crippen molar-refractivity contribution in [1.82, 2.24) is 14.5 Å². The number of ether oxygens (including phenoxy) is 1. The van der Waals surface area contributed by atoms with Crippen LogP contribution < -0.4 is 0 Å². The van der Waals surface area contributed by atoms with Gasteiger partial charge in [0.1, 0.15) is 12.6 Å². The molecule has 2 aromatic heterocycles. The highest BCUT2D eigenvalue weighted by Crippen LogP contribution is 2.37. The molecule has 0 aliphatic heterocycles. The maximum Gasteiger partial charge on any atom is 0.143 e. The molecule has 0 unspecified atom stereocenters. The van der Waals surface area contributed by atoms with Gasteiger partial charge in [0.25, 0.3) is 0 Å². The molecule has 140 valence electrons. The van der Waals surface area contributed by atoms with Gasteiger partial charge in [-0.25, -0.2) is 4.98 Å². The number of hydrogen-bond donors (Lipinski definition) is 0. The van der Waals surface area contributed by atoms with E-state index in [0.717, 1.165) is 33.9 Å². The molecule has 0 saturated carbocycles. The summed E-state index contributed by atoms with van der Waals surface area (Å²) < 4.78 is 7.55. The fraction of sp³-hybridized carbons (Fsp3) is 0.0909. The molecule has 0 spiro atoms. The molecular formula is C22H17Cl2N3O. The van der Waals surface area contributed by atoms with Gasteiger partial charge in [-0.3, -0.25) is 9.55 Å². The van der Waals surface area contributed by atoms with Gasteiger partial charge in [0, 0.05) is 46.2 Å². The largest absolute Gasteiger partial charge is 0.364 e. The quantitative estimate of drug-likeness (QED) is 0.394. The first-order chi connectivity index (χ1) is 13.7. The van der Waals surface area contributed by atoms with Gasteiger partial charge < -0.3 is 4.74 Å². The van der Waals surface area contributed by atoms with E-state index in [2.05, 4.69) is 9.55 Å². The van der Waals surface area contributed by atoms with E-state index in [4.69, 9.17) is 32.9 Å². The third kappa shape index (κ3) is 3.67. The van der Waals surface area contributed by atoms with E-state index in [1.165, 1.54) is 0 Å². The topological polar surface area (TPSA) is 39.9 Å². The second-order valence-corrected chi connectivity index (χ2v) is 7.11. The van der Waals surface area contributed by atoms with Crippen molar-refractivity contribution in [2.24, 2.45) is 0 Å².